The smallest absolute Gasteiger partial charge is 0.224 e. The van der Waals surface area contributed by atoms with E-state index in [1.165, 1.54) is 6.20 Å². The van der Waals surface area contributed by atoms with Crippen LogP contribution in [-0.4, -0.2) is 43.7 Å². The molecule has 2 rings (SSSR count). The van der Waals surface area contributed by atoms with E-state index >= 15 is 0 Å². The van der Waals surface area contributed by atoms with Crippen LogP contribution in [-0.2, 0) is 0 Å². The molecule has 2 aromatic rings. The third-order valence-corrected chi connectivity index (χ3v) is 3.53. The first-order chi connectivity index (χ1) is 10.5. The Bertz CT molecular complexity index is 603. The number of hydrogen-bond donors (Lipinski definition) is 1. The van der Waals surface area contributed by atoms with Gasteiger partial charge in [-0.15, -0.1) is 0 Å². The van der Waals surface area contributed by atoms with Crippen molar-refractivity contribution in [2.24, 2.45) is 0 Å². The van der Waals surface area contributed by atoms with Crippen molar-refractivity contribution in [3.63, 3.8) is 0 Å². The predicted octanol–water partition coefficient (Wildman–Crippen LogP) is 2.62. The van der Waals surface area contributed by atoms with Crippen LogP contribution in [0.3, 0.4) is 0 Å². The summed E-state index contributed by atoms with van der Waals surface area (Å²) in [6.07, 6.45) is 1.19. The van der Waals surface area contributed by atoms with Crippen LogP contribution in [0.1, 0.15) is 6.92 Å². The number of anilines is 3. The van der Waals surface area contributed by atoms with Crippen molar-refractivity contribution in [2.45, 2.75) is 13.0 Å². The maximum atomic E-state index is 13.6. The SMILES string of the molecule is CC(CNc1ncc(F)c(N(C)C)n1)N(C)c1ccccc1. The molecule has 0 saturated heterocycles. The van der Waals surface area contributed by atoms with Gasteiger partial charge in [-0.05, 0) is 19.1 Å². The predicted molar refractivity (Wildman–Crippen MR) is 89.1 cm³/mol. The molecule has 1 heterocycles. The summed E-state index contributed by atoms with van der Waals surface area (Å²) in [4.78, 5) is 12.0. The number of halogens is 1. The number of para-hydroxylation sites is 1. The van der Waals surface area contributed by atoms with E-state index in [4.69, 9.17) is 0 Å². The van der Waals surface area contributed by atoms with E-state index in [0.717, 1.165) is 5.69 Å². The number of benzene rings is 1. The van der Waals surface area contributed by atoms with Gasteiger partial charge in [-0.1, -0.05) is 18.2 Å². The first-order valence-corrected chi connectivity index (χ1v) is 7.20. The number of nitrogens with one attached hydrogen (secondary N) is 1. The molecule has 0 spiro atoms. The number of nitrogens with zero attached hydrogens (tertiary/aromatic N) is 4. The Morgan fingerprint density at radius 2 is 1.86 bits per heavy atom. The Morgan fingerprint density at radius 3 is 2.50 bits per heavy atom. The highest BCUT2D eigenvalue weighted by atomic mass is 19.1. The molecule has 22 heavy (non-hydrogen) atoms. The fraction of sp³-hybridized carbons (Fsp3) is 0.375. The van der Waals surface area contributed by atoms with Crippen LogP contribution in [0.15, 0.2) is 36.5 Å². The Labute approximate surface area is 130 Å². The summed E-state index contributed by atoms with van der Waals surface area (Å²) in [5.41, 5.74) is 1.14. The van der Waals surface area contributed by atoms with Gasteiger partial charge in [-0.2, -0.15) is 4.98 Å². The molecule has 1 atom stereocenters. The van der Waals surface area contributed by atoms with E-state index in [-0.39, 0.29) is 11.9 Å². The van der Waals surface area contributed by atoms with E-state index in [1.54, 1.807) is 19.0 Å². The van der Waals surface area contributed by atoms with Gasteiger partial charge >= 0.3 is 0 Å². The Hall–Kier alpha value is -2.37. The van der Waals surface area contributed by atoms with Crippen molar-refractivity contribution in [3.8, 4) is 0 Å². The fourth-order valence-corrected chi connectivity index (χ4v) is 2.05. The second kappa shape index (κ2) is 7.06. The van der Waals surface area contributed by atoms with E-state index in [1.807, 2.05) is 25.2 Å². The van der Waals surface area contributed by atoms with E-state index in [2.05, 4.69) is 39.2 Å². The van der Waals surface area contributed by atoms with Crippen molar-refractivity contribution >= 4 is 17.5 Å². The minimum Gasteiger partial charge on any atom is -0.370 e. The van der Waals surface area contributed by atoms with Gasteiger partial charge in [0, 0.05) is 39.4 Å². The molecular formula is C16H22FN5. The van der Waals surface area contributed by atoms with Crippen molar-refractivity contribution in [1.29, 1.82) is 0 Å². The van der Waals surface area contributed by atoms with Crippen LogP contribution in [0.5, 0.6) is 0 Å². The van der Waals surface area contributed by atoms with E-state index in [0.29, 0.717) is 12.5 Å². The summed E-state index contributed by atoms with van der Waals surface area (Å²) in [5.74, 6) is 0.282. The second-order valence-electron chi connectivity index (χ2n) is 5.44. The molecule has 0 aliphatic rings. The maximum Gasteiger partial charge on any atom is 0.224 e. The third kappa shape index (κ3) is 3.84. The summed E-state index contributed by atoms with van der Waals surface area (Å²) in [5, 5.41) is 3.16. The molecule has 118 valence electrons. The molecule has 0 bridgehead atoms. The van der Waals surface area contributed by atoms with Crippen molar-refractivity contribution in [1.82, 2.24) is 9.97 Å². The van der Waals surface area contributed by atoms with E-state index in [9.17, 15) is 4.39 Å². The van der Waals surface area contributed by atoms with Crippen LogP contribution < -0.4 is 15.1 Å². The first kappa shape index (κ1) is 16.0. The van der Waals surface area contributed by atoms with Crippen molar-refractivity contribution in [2.75, 3.05) is 42.8 Å². The van der Waals surface area contributed by atoms with Gasteiger partial charge in [-0.3, -0.25) is 0 Å². The van der Waals surface area contributed by atoms with Crippen LogP contribution in [0, 0.1) is 5.82 Å². The van der Waals surface area contributed by atoms with Crippen LogP contribution in [0.2, 0.25) is 0 Å². The first-order valence-electron chi connectivity index (χ1n) is 7.20. The number of likely N-dealkylation sites (N-methyl/N-ethyl adjacent to an activating group) is 1. The Morgan fingerprint density at radius 1 is 1.18 bits per heavy atom. The molecule has 1 N–H and O–H groups in total. The highest BCUT2D eigenvalue weighted by Crippen LogP contribution is 2.16. The minimum absolute atomic E-state index is 0.235. The molecular weight excluding hydrogens is 281 g/mol. The van der Waals surface area contributed by atoms with Crippen LogP contribution >= 0.6 is 0 Å². The molecule has 0 saturated carbocycles. The van der Waals surface area contributed by atoms with Crippen LogP contribution in [0.25, 0.3) is 0 Å². The topological polar surface area (TPSA) is 44.3 Å². The zero-order valence-electron chi connectivity index (χ0n) is 13.4. The molecule has 1 aromatic carbocycles. The third-order valence-electron chi connectivity index (χ3n) is 3.53. The fourth-order valence-electron chi connectivity index (χ4n) is 2.05. The maximum absolute atomic E-state index is 13.6. The molecule has 6 heteroatoms. The molecule has 1 unspecified atom stereocenters. The summed E-state index contributed by atoms with van der Waals surface area (Å²) in [6.45, 7) is 2.76. The number of hydrogen-bond acceptors (Lipinski definition) is 5. The minimum atomic E-state index is -0.426. The summed E-state index contributed by atoms with van der Waals surface area (Å²) < 4.78 is 13.6. The van der Waals surface area contributed by atoms with E-state index < -0.39 is 5.82 Å². The highest BCUT2D eigenvalue weighted by molar-refractivity contribution is 5.47. The van der Waals surface area contributed by atoms with Gasteiger partial charge in [-0.25, -0.2) is 9.37 Å². The quantitative estimate of drug-likeness (QED) is 0.888. The summed E-state index contributed by atoms with van der Waals surface area (Å²) in [6, 6.07) is 10.4. The monoisotopic (exact) mass is 303 g/mol. The van der Waals surface area contributed by atoms with Gasteiger partial charge in [0.15, 0.2) is 11.6 Å². The summed E-state index contributed by atoms with van der Waals surface area (Å²) in [7, 11) is 5.54. The van der Waals surface area contributed by atoms with Gasteiger partial charge in [0.1, 0.15) is 0 Å². The average Bonchev–Trinajstić information content (AvgIpc) is 2.53. The lowest BCUT2D eigenvalue weighted by Crippen LogP contribution is -2.35. The highest BCUT2D eigenvalue weighted by Gasteiger charge is 2.12. The molecule has 5 nitrogen and oxygen atoms in total. The largest absolute Gasteiger partial charge is 0.370 e. The molecule has 0 aliphatic heterocycles. The normalized spacial score (nSPS) is 11.9. The molecule has 0 radical (unpaired) electrons. The lowest BCUT2D eigenvalue weighted by atomic mass is 10.2. The average molecular weight is 303 g/mol. The zero-order valence-corrected chi connectivity index (χ0v) is 13.4. The second-order valence-corrected chi connectivity index (χ2v) is 5.44. The van der Waals surface area contributed by atoms with Gasteiger partial charge in [0.25, 0.3) is 0 Å². The van der Waals surface area contributed by atoms with Gasteiger partial charge in [0.05, 0.1) is 6.20 Å². The van der Waals surface area contributed by atoms with Gasteiger partial charge in [0.2, 0.25) is 5.95 Å². The molecule has 0 fully saturated rings. The lowest BCUT2D eigenvalue weighted by Gasteiger charge is -2.27. The van der Waals surface area contributed by atoms with Crippen molar-refractivity contribution < 1.29 is 4.39 Å². The van der Waals surface area contributed by atoms with Crippen LogP contribution in [0.4, 0.5) is 21.8 Å². The Kier molecular flexibility index (Phi) is 5.14. The lowest BCUT2D eigenvalue weighted by molar-refractivity contribution is 0.611. The summed E-state index contributed by atoms with van der Waals surface area (Å²) >= 11 is 0. The Balaban J connectivity index is 1.99. The molecule has 1 aromatic heterocycles. The zero-order chi connectivity index (χ0) is 16.1. The molecule has 0 aliphatic carbocycles. The standard InChI is InChI=1S/C16H22FN5/c1-12(22(4)13-8-6-5-7-9-13)10-18-16-19-11-14(17)15(20-16)21(2)3/h5-9,11-12H,10H2,1-4H3,(H,18,19,20). The van der Waals surface area contributed by atoms with Gasteiger partial charge < -0.3 is 15.1 Å². The van der Waals surface area contributed by atoms with Crippen molar-refractivity contribution in [3.05, 3.63) is 42.3 Å². The molecule has 0 amide bonds. The number of rotatable bonds is 6. The number of aromatic nitrogens is 2.